The number of rotatable bonds is 2. The molecule has 2 aromatic heterocycles. The Balaban J connectivity index is 1.55. The van der Waals surface area contributed by atoms with E-state index in [0.717, 1.165) is 0 Å². The number of nitrogens with one attached hydrogen (secondary N) is 2. The monoisotopic (exact) mass is 393 g/mol. The molecule has 0 bridgehead atoms. The highest BCUT2D eigenvalue weighted by molar-refractivity contribution is 6.10. The molecular formula is C20H16FN5O3. The highest BCUT2D eigenvalue weighted by Crippen LogP contribution is 2.21. The van der Waals surface area contributed by atoms with Crippen LogP contribution in [0.3, 0.4) is 0 Å². The zero-order chi connectivity index (χ0) is 20.6. The van der Waals surface area contributed by atoms with Gasteiger partial charge >= 0.3 is 0 Å². The third kappa shape index (κ3) is 3.53. The van der Waals surface area contributed by atoms with Gasteiger partial charge in [-0.25, -0.2) is 9.37 Å². The fourth-order valence-electron chi connectivity index (χ4n) is 3.06. The van der Waals surface area contributed by atoms with E-state index in [0.29, 0.717) is 23.0 Å². The van der Waals surface area contributed by atoms with Gasteiger partial charge in [0.05, 0.1) is 5.52 Å². The first-order valence-electron chi connectivity index (χ1n) is 8.78. The fraction of sp³-hybridized carbons (Fsp3) is 0.200. The zero-order valence-corrected chi connectivity index (χ0v) is 15.4. The molecule has 29 heavy (non-hydrogen) atoms. The van der Waals surface area contributed by atoms with Crippen LogP contribution in [0.1, 0.15) is 22.5 Å². The van der Waals surface area contributed by atoms with Gasteiger partial charge in [0.25, 0.3) is 11.8 Å². The molecule has 0 radical (unpaired) electrons. The Hall–Kier alpha value is -3.77. The zero-order valence-electron chi connectivity index (χ0n) is 15.4. The number of anilines is 1. The van der Waals surface area contributed by atoms with Crippen LogP contribution in [0.4, 0.5) is 10.2 Å². The fourth-order valence-corrected chi connectivity index (χ4v) is 3.06. The highest BCUT2D eigenvalue weighted by Gasteiger charge is 2.42. The Labute approximate surface area is 164 Å². The number of H-pyrrole nitrogens is 1. The lowest BCUT2D eigenvalue weighted by atomic mass is 10.0. The Morgan fingerprint density at radius 1 is 1.38 bits per heavy atom. The lowest BCUT2D eigenvalue weighted by molar-refractivity contribution is -0.137. The lowest BCUT2D eigenvalue weighted by Gasteiger charge is -2.13. The van der Waals surface area contributed by atoms with Crippen LogP contribution in [0.2, 0.25) is 0 Å². The predicted molar refractivity (Wildman–Crippen MR) is 102 cm³/mol. The lowest BCUT2D eigenvalue weighted by Crippen LogP contribution is -2.37. The van der Waals surface area contributed by atoms with Gasteiger partial charge in [-0.05, 0) is 30.3 Å². The molecule has 0 spiro atoms. The van der Waals surface area contributed by atoms with Gasteiger partial charge in [-0.2, -0.15) is 5.10 Å². The van der Waals surface area contributed by atoms with Crippen LogP contribution in [0.25, 0.3) is 10.9 Å². The molecule has 0 saturated carbocycles. The van der Waals surface area contributed by atoms with Gasteiger partial charge in [0.2, 0.25) is 5.60 Å². The number of likely N-dealkylation sites (N-methyl/N-ethyl adjacent to an activating group) is 1. The quantitative estimate of drug-likeness (QED) is 0.568. The summed E-state index contributed by atoms with van der Waals surface area (Å²) in [5.41, 5.74) is -0.682. The number of likely N-dealkylation sites (tertiary alicyclic amines) is 1. The number of fused-ring (bicyclic) bond motifs is 1. The van der Waals surface area contributed by atoms with Crippen molar-refractivity contribution in [3.05, 3.63) is 53.6 Å². The van der Waals surface area contributed by atoms with E-state index in [4.69, 9.17) is 0 Å². The van der Waals surface area contributed by atoms with Crippen molar-refractivity contribution in [3.8, 4) is 11.8 Å². The van der Waals surface area contributed by atoms with Crippen molar-refractivity contribution < 1.29 is 19.1 Å². The number of amides is 2. The molecule has 1 fully saturated rings. The average Bonchev–Trinajstić information content (AvgIpc) is 3.23. The van der Waals surface area contributed by atoms with Crippen LogP contribution in [0.15, 0.2) is 36.5 Å². The van der Waals surface area contributed by atoms with E-state index in [1.54, 1.807) is 13.1 Å². The normalized spacial score (nSPS) is 18.6. The molecule has 1 saturated heterocycles. The van der Waals surface area contributed by atoms with Crippen molar-refractivity contribution in [2.75, 3.05) is 18.9 Å². The van der Waals surface area contributed by atoms with Crippen LogP contribution in [0.5, 0.6) is 0 Å². The second-order valence-electron chi connectivity index (χ2n) is 6.73. The van der Waals surface area contributed by atoms with Gasteiger partial charge in [-0.3, -0.25) is 14.7 Å². The first kappa shape index (κ1) is 18.6. The smallest absolute Gasteiger partial charge is 0.277 e. The summed E-state index contributed by atoms with van der Waals surface area (Å²) < 4.78 is 13.5. The van der Waals surface area contributed by atoms with Gasteiger partial charge in [0.1, 0.15) is 11.6 Å². The number of aromatic amines is 1. The number of hydrogen-bond donors (Lipinski definition) is 3. The van der Waals surface area contributed by atoms with Gasteiger partial charge in [-0.1, -0.05) is 11.8 Å². The molecule has 2 amide bonds. The second-order valence-corrected chi connectivity index (χ2v) is 6.73. The number of nitrogens with zero attached hydrogens (tertiary/aromatic N) is 3. The maximum absolute atomic E-state index is 13.5. The van der Waals surface area contributed by atoms with E-state index < -0.39 is 23.2 Å². The largest absolute Gasteiger partial charge is 0.369 e. The van der Waals surface area contributed by atoms with Gasteiger partial charge in [0, 0.05) is 37.2 Å². The number of aliphatic hydroxyl groups is 1. The summed E-state index contributed by atoms with van der Waals surface area (Å²) in [4.78, 5) is 30.0. The predicted octanol–water partition coefficient (Wildman–Crippen LogP) is 1.29. The van der Waals surface area contributed by atoms with Gasteiger partial charge in [-0.15, -0.1) is 0 Å². The number of pyridine rings is 1. The van der Waals surface area contributed by atoms with Crippen LogP contribution < -0.4 is 5.32 Å². The molecule has 1 aliphatic heterocycles. The van der Waals surface area contributed by atoms with Crippen molar-refractivity contribution >= 4 is 28.5 Å². The Morgan fingerprint density at radius 3 is 2.97 bits per heavy atom. The number of hydrogen-bond acceptors (Lipinski definition) is 5. The summed E-state index contributed by atoms with van der Waals surface area (Å²) >= 11 is 0. The molecule has 3 N–H and O–H groups in total. The minimum Gasteiger partial charge on any atom is -0.369 e. The number of carbonyl (C=O) groups is 2. The Kier molecular flexibility index (Phi) is 4.48. The van der Waals surface area contributed by atoms with Crippen LogP contribution in [-0.4, -0.2) is 56.2 Å². The average molecular weight is 393 g/mol. The SMILES string of the molecule is CN1CC[C@@](O)(C#Cc2ccnc(NC(=O)c3n[nH]c4ccc(F)cc34)c2)C1=O. The number of halogens is 1. The molecule has 0 unspecified atom stereocenters. The summed E-state index contributed by atoms with van der Waals surface area (Å²) in [6.45, 7) is 0.430. The van der Waals surface area contributed by atoms with Crippen LogP contribution in [-0.2, 0) is 4.79 Å². The number of carbonyl (C=O) groups excluding carboxylic acids is 2. The maximum atomic E-state index is 13.5. The van der Waals surface area contributed by atoms with E-state index in [1.807, 2.05) is 0 Å². The van der Waals surface area contributed by atoms with Gasteiger partial charge < -0.3 is 15.3 Å². The van der Waals surface area contributed by atoms with E-state index in [-0.39, 0.29) is 17.9 Å². The first-order valence-corrected chi connectivity index (χ1v) is 8.78. The Morgan fingerprint density at radius 2 is 2.21 bits per heavy atom. The van der Waals surface area contributed by atoms with Crippen LogP contribution >= 0.6 is 0 Å². The van der Waals surface area contributed by atoms with Crippen molar-refractivity contribution in [1.82, 2.24) is 20.1 Å². The topological polar surface area (TPSA) is 111 Å². The summed E-state index contributed by atoms with van der Waals surface area (Å²) in [5, 5.41) is 19.9. The third-order valence-electron chi connectivity index (χ3n) is 4.66. The second kappa shape index (κ2) is 7.00. The molecule has 1 atom stereocenters. The molecule has 3 aromatic rings. The van der Waals surface area contributed by atoms with Crippen molar-refractivity contribution in [2.45, 2.75) is 12.0 Å². The summed E-state index contributed by atoms with van der Waals surface area (Å²) in [6.07, 6.45) is 1.67. The van der Waals surface area contributed by atoms with E-state index in [2.05, 4.69) is 32.3 Å². The summed E-state index contributed by atoms with van der Waals surface area (Å²) in [5.74, 6) is 4.08. The van der Waals surface area contributed by atoms with Crippen molar-refractivity contribution in [2.24, 2.45) is 0 Å². The van der Waals surface area contributed by atoms with Crippen LogP contribution in [0, 0.1) is 17.7 Å². The highest BCUT2D eigenvalue weighted by atomic mass is 19.1. The maximum Gasteiger partial charge on any atom is 0.277 e. The molecule has 3 heterocycles. The van der Waals surface area contributed by atoms with E-state index >= 15 is 0 Å². The summed E-state index contributed by atoms with van der Waals surface area (Å²) in [7, 11) is 1.60. The summed E-state index contributed by atoms with van der Waals surface area (Å²) in [6, 6.07) is 7.09. The Bertz CT molecular complexity index is 1200. The standard InChI is InChI=1S/C20H16FN5O3/c1-26-9-7-20(29,19(26)28)6-4-12-5-8-22-16(10-12)23-18(27)17-14-11-13(21)2-3-15(14)24-25-17/h2-3,5,8,10-11,29H,7,9H2,1H3,(H,24,25)(H,22,23,27)/t20-/m0/s1. The molecule has 146 valence electrons. The molecule has 8 nitrogen and oxygen atoms in total. The minimum atomic E-state index is -1.71. The third-order valence-corrected chi connectivity index (χ3v) is 4.66. The molecule has 0 aliphatic carbocycles. The minimum absolute atomic E-state index is 0.0340. The number of aromatic nitrogens is 3. The molecule has 9 heteroatoms. The van der Waals surface area contributed by atoms with Gasteiger partial charge in [0.15, 0.2) is 5.69 Å². The molecule has 1 aromatic carbocycles. The van der Waals surface area contributed by atoms with E-state index in [1.165, 1.54) is 35.4 Å². The molecular weight excluding hydrogens is 377 g/mol. The number of benzene rings is 1. The van der Waals surface area contributed by atoms with Crippen molar-refractivity contribution in [3.63, 3.8) is 0 Å². The van der Waals surface area contributed by atoms with E-state index in [9.17, 15) is 19.1 Å². The first-order chi connectivity index (χ1) is 13.9. The molecule has 4 rings (SSSR count). The van der Waals surface area contributed by atoms with Crippen molar-refractivity contribution in [1.29, 1.82) is 0 Å². The molecule has 1 aliphatic rings.